The molecule has 1 aromatic rings. The number of hydrogen-bond acceptors (Lipinski definition) is 3. The standard InChI is InChI=1S/C27H36FN3O2/c1-16-13-19-20-7-5-17(14-23(32)30-22-8-6-18(28)15-29-22)26(20,2)11-9-21(19)27(3)12-10-24(33)31(4)25(16)27/h6,8,15,17,19-21H,5,7,9-14H2,1-4H3,(H,29,30,32)/t17-,19?,20?,21?,26-,27-/m1/s1. The number of nitrogens with one attached hydrogen (secondary N) is 1. The molecule has 0 aromatic carbocycles. The van der Waals surface area contributed by atoms with Gasteiger partial charge in [-0.15, -0.1) is 0 Å². The van der Waals surface area contributed by atoms with E-state index in [4.69, 9.17) is 0 Å². The summed E-state index contributed by atoms with van der Waals surface area (Å²) in [5, 5.41) is 2.86. The van der Waals surface area contributed by atoms with Gasteiger partial charge in [-0.25, -0.2) is 9.37 Å². The summed E-state index contributed by atoms with van der Waals surface area (Å²) in [6, 6.07) is 2.83. The Labute approximate surface area is 196 Å². The van der Waals surface area contributed by atoms with Crippen molar-refractivity contribution in [2.24, 2.45) is 34.5 Å². The van der Waals surface area contributed by atoms with Gasteiger partial charge < -0.3 is 10.2 Å². The van der Waals surface area contributed by atoms with Gasteiger partial charge >= 0.3 is 0 Å². The quantitative estimate of drug-likeness (QED) is 0.653. The number of halogens is 1. The minimum atomic E-state index is -0.405. The SMILES string of the molecule is CC1=C2N(C)C(=O)CC[C@]2(C)C2CC[C@@]3(C)C(CC[C@@H]3CC(=O)Nc3ccc(F)cn3)C2C1. The number of likely N-dealkylation sites (tertiary alicyclic amines) is 1. The summed E-state index contributed by atoms with van der Waals surface area (Å²) in [6.07, 6.45) is 8.89. The Morgan fingerprint density at radius 2 is 2.00 bits per heavy atom. The van der Waals surface area contributed by atoms with Crippen molar-refractivity contribution in [3.63, 3.8) is 0 Å². The van der Waals surface area contributed by atoms with Crippen LogP contribution in [0.4, 0.5) is 10.2 Å². The Balaban J connectivity index is 1.34. The molecule has 2 saturated carbocycles. The van der Waals surface area contributed by atoms with Gasteiger partial charge in [0.05, 0.1) is 6.20 Å². The van der Waals surface area contributed by atoms with E-state index in [1.165, 1.54) is 36.2 Å². The number of allylic oxidation sites excluding steroid dienone is 2. The molecule has 1 saturated heterocycles. The van der Waals surface area contributed by atoms with Gasteiger partial charge in [0.25, 0.3) is 0 Å². The average Bonchev–Trinajstić information content (AvgIpc) is 3.09. The summed E-state index contributed by atoms with van der Waals surface area (Å²) in [5.41, 5.74) is 2.94. The van der Waals surface area contributed by atoms with Crippen molar-refractivity contribution in [3.8, 4) is 0 Å². The highest BCUT2D eigenvalue weighted by Crippen LogP contribution is 2.67. The number of rotatable bonds is 3. The molecule has 6 atom stereocenters. The van der Waals surface area contributed by atoms with Crippen molar-refractivity contribution >= 4 is 17.6 Å². The van der Waals surface area contributed by atoms with Gasteiger partial charge in [-0.2, -0.15) is 0 Å². The molecule has 2 heterocycles. The highest BCUT2D eigenvalue weighted by atomic mass is 19.1. The van der Waals surface area contributed by atoms with Crippen molar-refractivity contribution in [1.29, 1.82) is 0 Å². The van der Waals surface area contributed by atoms with Crippen LogP contribution in [0.3, 0.4) is 0 Å². The summed E-state index contributed by atoms with van der Waals surface area (Å²) in [6.45, 7) is 7.06. The molecule has 1 N–H and O–H groups in total. The molecule has 0 spiro atoms. The van der Waals surface area contributed by atoms with Gasteiger partial charge in [0.15, 0.2) is 0 Å². The van der Waals surface area contributed by atoms with Crippen LogP contribution >= 0.6 is 0 Å². The number of hydrogen-bond donors (Lipinski definition) is 1. The second-order valence-electron chi connectivity index (χ2n) is 11.5. The lowest BCUT2D eigenvalue weighted by atomic mass is 9.48. The number of carbonyl (C=O) groups excluding carboxylic acids is 2. The topological polar surface area (TPSA) is 62.3 Å². The number of pyridine rings is 1. The van der Waals surface area contributed by atoms with E-state index >= 15 is 0 Å². The third kappa shape index (κ3) is 3.52. The summed E-state index contributed by atoms with van der Waals surface area (Å²) in [5.74, 6) is 2.46. The van der Waals surface area contributed by atoms with E-state index in [0.29, 0.717) is 42.3 Å². The van der Waals surface area contributed by atoms with E-state index in [0.717, 1.165) is 31.9 Å². The minimum Gasteiger partial charge on any atom is -0.319 e. The maximum Gasteiger partial charge on any atom is 0.226 e. The number of amides is 2. The lowest BCUT2D eigenvalue weighted by molar-refractivity contribution is -0.136. The molecular formula is C27H36FN3O2. The van der Waals surface area contributed by atoms with Gasteiger partial charge in [-0.3, -0.25) is 9.59 Å². The first-order valence-corrected chi connectivity index (χ1v) is 12.5. The van der Waals surface area contributed by atoms with Crippen LogP contribution < -0.4 is 5.32 Å². The smallest absolute Gasteiger partial charge is 0.226 e. The van der Waals surface area contributed by atoms with E-state index in [9.17, 15) is 14.0 Å². The molecule has 6 heteroatoms. The van der Waals surface area contributed by atoms with E-state index in [2.05, 4.69) is 31.1 Å². The number of anilines is 1. The third-order valence-electron chi connectivity index (χ3n) is 9.93. The van der Waals surface area contributed by atoms with Gasteiger partial charge in [-0.1, -0.05) is 19.4 Å². The molecule has 178 valence electrons. The van der Waals surface area contributed by atoms with Gasteiger partial charge in [0, 0.05) is 31.0 Å². The van der Waals surface area contributed by atoms with E-state index in [1.807, 2.05) is 11.9 Å². The molecule has 3 unspecified atom stereocenters. The maximum absolute atomic E-state index is 13.1. The second kappa shape index (κ2) is 7.92. The average molecular weight is 454 g/mol. The fourth-order valence-electron chi connectivity index (χ4n) is 8.42. The number of nitrogens with zero attached hydrogens (tertiary/aromatic N) is 2. The minimum absolute atomic E-state index is 0.0236. The van der Waals surface area contributed by atoms with Crippen LogP contribution in [-0.4, -0.2) is 28.7 Å². The molecule has 5 nitrogen and oxygen atoms in total. The summed E-state index contributed by atoms with van der Waals surface area (Å²) in [4.78, 5) is 31.2. The third-order valence-corrected chi connectivity index (χ3v) is 9.93. The van der Waals surface area contributed by atoms with Crippen molar-refractivity contribution < 1.29 is 14.0 Å². The van der Waals surface area contributed by atoms with Crippen LogP contribution in [0.2, 0.25) is 0 Å². The predicted octanol–water partition coefficient (Wildman–Crippen LogP) is 5.54. The lowest BCUT2D eigenvalue weighted by Gasteiger charge is -2.59. The fourth-order valence-corrected chi connectivity index (χ4v) is 8.42. The highest BCUT2D eigenvalue weighted by molar-refractivity contribution is 5.89. The Morgan fingerprint density at radius 3 is 2.73 bits per heavy atom. The van der Waals surface area contributed by atoms with Crippen molar-refractivity contribution in [2.75, 3.05) is 12.4 Å². The Kier molecular flexibility index (Phi) is 5.41. The van der Waals surface area contributed by atoms with Gasteiger partial charge in [0.2, 0.25) is 11.8 Å². The number of piperidine rings is 1. The highest BCUT2D eigenvalue weighted by Gasteiger charge is 2.60. The van der Waals surface area contributed by atoms with Crippen LogP contribution in [-0.2, 0) is 9.59 Å². The summed E-state index contributed by atoms with van der Waals surface area (Å²) < 4.78 is 13.1. The molecule has 1 aromatic heterocycles. The molecule has 0 radical (unpaired) electrons. The molecular weight excluding hydrogens is 417 g/mol. The molecule has 3 aliphatic carbocycles. The normalized spacial score (nSPS) is 38.0. The monoisotopic (exact) mass is 453 g/mol. The zero-order chi connectivity index (χ0) is 23.5. The molecule has 33 heavy (non-hydrogen) atoms. The summed E-state index contributed by atoms with van der Waals surface area (Å²) >= 11 is 0. The molecule has 0 bridgehead atoms. The van der Waals surface area contributed by atoms with E-state index < -0.39 is 5.82 Å². The van der Waals surface area contributed by atoms with Crippen LogP contribution in [0.15, 0.2) is 29.6 Å². The summed E-state index contributed by atoms with van der Waals surface area (Å²) in [7, 11) is 1.96. The molecule has 1 aliphatic heterocycles. The second-order valence-corrected chi connectivity index (χ2v) is 11.5. The van der Waals surface area contributed by atoms with E-state index in [-0.39, 0.29) is 22.6 Å². The van der Waals surface area contributed by atoms with E-state index in [1.54, 1.807) is 0 Å². The van der Waals surface area contributed by atoms with Crippen LogP contribution in [0.25, 0.3) is 0 Å². The molecule has 5 rings (SSSR count). The van der Waals surface area contributed by atoms with Crippen molar-refractivity contribution in [3.05, 3.63) is 35.4 Å². The first-order valence-electron chi connectivity index (χ1n) is 12.5. The maximum atomic E-state index is 13.1. The largest absolute Gasteiger partial charge is 0.319 e. The van der Waals surface area contributed by atoms with Crippen molar-refractivity contribution in [2.45, 2.75) is 72.1 Å². The van der Waals surface area contributed by atoms with Crippen LogP contribution in [0.1, 0.15) is 72.1 Å². The zero-order valence-corrected chi connectivity index (χ0v) is 20.3. The van der Waals surface area contributed by atoms with Gasteiger partial charge in [-0.05, 0) is 86.7 Å². The fraction of sp³-hybridized carbons (Fsp3) is 0.667. The Morgan fingerprint density at radius 1 is 1.21 bits per heavy atom. The number of aromatic nitrogens is 1. The molecule has 4 aliphatic rings. The van der Waals surface area contributed by atoms with Crippen LogP contribution in [0.5, 0.6) is 0 Å². The van der Waals surface area contributed by atoms with Gasteiger partial charge in [0.1, 0.15) is 11.6 Å². The Bertz CT molecular complexity index is 1010. The first-order chi connectivity index (χ1) is 15.6. The molecule has 3 fully saturated rings. The first kappa shape index (κ1) is 22.5. The number of fused-ring (bicyclic) bond motifs is 5. The molecule has 2 amide bonds. The zero-order valence-electron chi connectivity index (χ0n) is 20.3. The van der Waals surface area contributed by atoms with Crippen molar-refractivity contribution in [1.82, 2.24) is 9.88 Å². The Hall–Kier alpha value is -2.24. The lowest BCUT2D eigenvalue weighted by Crippen LogP contribution is -2.54. The number of carbonyl (C=O) groups is 2. The predicted molar refractivity (Wildman–Crippen MR) is 125 cm³/mol. The van der Waals surface area contributed by atoms with Crippen LogP contribution in [0, 0.1) is 40.3 Å².